The number of amides is 2. The van der Waals surface area contributed by atoms with Crippen LogP contribution in [0.25, 0.3) is 0 Å². The zero-order valence-corrected chi connectivity index (χ0v) is 25.7. The fourth-order valence-corrected chi connectivity index (χ4v) is 5.53. The van der Waals surface area contributed by atoms with Crippen molar-refractivity contribution in [3.63, 3.8) is 0 Å². The molecule has 2 aliphatic heterocycles. The highest BCUT2D eigenvalue weighted by Crippen LogP contribution is 2.46. The molecule has 15 nitrogen and oxygen atoms in total. The molecular weight excluding hydrogens is 577 g/mol. The number of aliphatic imine (C=N–C) groups is 1. The highest BCUT2D eigenvalue weighted by atomic mass is 32.2. The Balaban J connectivity index is 1.39. The van der Waals surface area contributed by atoms with Crippen molar-refractivity contribution < 1.29 is 37.6 Å². The number of aromatic amines is 1. The van der Waals surface area contributed by atoms with Crippen molar-refractivity contribution in [2.75, 3.05) is 44.3 Å². The van der Waals surface area contributed by atoms with Gasteiger partial charge in [-0.25, -0.2) is 9.55 Å². The lowest BCUT2D eigenvalue weighted by Crippen LogP contribution is -2.49. The van der Waals surface area contributed by atoms with E-state index in [-0.39, 0.29) is 55.2 Å². The second-order valence-corrected chi connectivity index (χ2v) is 13.0. The van der Waals surface area contributed by atoms with Crippen molar-refractivity contribution in [1.29, 1.82) is 0 Å². The number of fused-ring (bicyclic) bond motifs is 1. The third-order valence-electron chi connectivity index (χ3n) is 6.99. The van der Waals surface area contributed by atoms with Crippen LogP contribution in [0.4, 0.5) is 5.82 Å². The highest BCUT2D eigenvalue weighted by molar-refractivity contribution is 8.13. The first-order valence-electron chi connectivity index (χ1n) is 13.3. The smallest absolute Gasteiger partial charge is 0.355 e. The molecule has 1 aromatic rings. The summed E-state index contributed by atoms with van der Waals surface area (Å²) in [6.07, 6.45) is 2.24. The average Bonchev–Trinajstić information content (AvgIpc) is 3.60. The Kier molecular flexibility index (Phi) is 11.8. The quantitative estimate of drug-likeness (QED) is 0.149. The molecule has 230 valence electrons. The van der Waals surface area contributed by atoms with Crippen molar-refractivity contribution in [3.05, 3.63) is 12.0 Å². The number of H-pyrrole nitrogens is 1. The van der Waals surface area contributed by atoms with Crippen LogP contribution in [0.15, 0.2) is 11.3 Å². The topological polar surface area (TPSA) is 197 Å². The Morgan fingerprint density at radius 3 is 2.80 bits per heavy atom. The summed E-state index contributed by atoms with van der Waals surface area (Å²) in [6, 6.07) is 0. The van der Waals surface area contributed by atoms with Gasteiger partial charge < -0.3 is 35.5 Å². The van der Waals surface area contributed by atoms with E-state index in [0.29, 0.717) is 25.3 Å². The van der Waals surface area contributed by atoms with E-state index in [0.717, 1.165) is 23.3 Å². The monoisotopic (exact) mass is 617 g/mol. The largest absolute Gasteiger partial charge is 0.472 e. The minimum atomic E-state index is -4.42. The molecule has 1 saturated heterocycles. The molecule has 17 heteroatoms. The maximum absolute atomic E-state index is 12.6. The number of rotatable bonds is 14. The fraction of sp³-hybridized carbons (Fsp3) is 0.708. The Morgan fingerprint density at radius 1 is 1.34 bits per heavy atom. The van der Waals surface area contributed by atoms with Crippen LogP contribution in [0.2, 0.25) is 0 Å². The number of ether oxygens (including phenoxy) is 1. The number of hydrogen-bond acceptors (Lipinski definition) is 11. The van der Waals surface area contributed by atoms with Crippen molar-refractivity contribution in [3.8, 4) is 0 Å². The number of amidine groups is 1. The molecule has 4 atom stereocenters. The van der Waals surface area contributed by atoms with Crippen molar-refractivity contribution >= 4 is 48.2 Å². The summed E-state index contributed by atoms with van der Waals surface area (Å²) < 4.78 is 29.2. The average molecular weight is 618 g/mol. The van der Waals surface area contributed by atoms with Crippen molar-refractivity contribution in [1.82, 2.24) is 25.9 Å². The molecule has 0 saturated carbocycles. The van der Waals surface area contributed by atoms with Crippen molar-refractivity contribution in [2.24, 2.45) is 16.3 Å². The number of imidazole rings is 1. The fourth-order valence-electron chi connectivity index (χ4n) is 4.17. The van der Waals surface area contributed by atoms with Gasteiger partial charge in [0.05, 0.1) is 38.2 Å². The predicted molar refractivity (Wildman–Crippen MR) is 153 cm³/mol. The molecule has 5 N–H and O–H groups in total. The lowest BCUT2D eigenvalue weighted by molar-refractivity contribution is -0.129. The number of hydrogen-bond donors (Lipinski definition) is 5. The standard InChI is InChI=1S/C24H40N7O8PS/c1-15(23(34)26-9-8-18(33)30-14-41-16(2)32)24(3,4)11-38-40(35,36)37-10-17-6-7-19(39-17)31-13-29-21(25-5)20-22(31)28-12-27-20/h12,15,17,19H,6-11,13-14H2,1-5H3,(H,25,29)(H,26,34)(H,27,28)(H,30,33)(H,35,36). The minimum Gasteiger partial charge on any atom is -0.355 e. The Morgan fingerprint density at radius 2 is 2.10 bits per heavy atom. The first-order valence-corrected chi connectivity index (χ1v) is 15.8. The normalized spacial score (nSPS) is 22.0. The second-order valence-electron chi connectivity index (χ2n) is 10.4. The Hall–Kier alpha value is -2.49. The molecule has 0 bridgehead atoms. The Labute approximate surface area is 243 Å². The number of phosphoric ester groups is 1. The summed E-state index contributed by atoms with van der Waals surface area (Å²) in [7, 11) is -2.73. The SMILES string of the molecule is CN=C1NCN(C2CCC(COP(=O)(O)OCC(C)(C)C(C)C(=O)NCCC(=O)NCSC(C)=O)O2)c2nc[nH]c21. The van der Waals surface area contributed by atoms with Crippen LogP contribution in [0.3, 0.4) is 0 Å². The first-order chi connectivity index (χ1) is 19.3. The van der Waals surface area contributed by atoms with Gasteiger partial charge in [-0.3, -0.25) is 28.4 Å². The van der Waals surface area contributed by atoms with Gasteiger partial charge in [-0.15, -0.1) is 0 Å². The van der Waals surface area contributed by atoms with Gasteiger partial charge in [0, 0.05) is 38.3 Å². The van der Waals surface area contributed by atoms with E-state index in [1.807, 2.05) is 4.90 Å². The van der Waals surface area contributed by atoms with E-state index in [1.165, 1.54) is 6.92 Å². The van der Waals surface area contributed by atoms with Gasteiger partial charge in [0.15, 0.2) is 10.9 Å². The number of aromatic nitrogens is 2. The summed E-state index contributed by atoms with van der Waals surface area (Å²) in [5.41, 5.74) is -0.0451. The summed E-state index contributed by atoms with van der Waals surface area (Å²) in [6.45, 7) is 6.78. The molecule has 3 heterocycles. The van der Waals surface area contributed by atoms with Crippen LogP contribution in [0.1, 0.15) is 52.7 Å². The number of carbonyl (C=O) groups excluding carboxylic acids is 3. The van der Waals surface area contributed by atoms with Crippen LogP contribution < -0.4 is 20.9 Å². The predicted octanol–water partition coefficient (Wildman–Crippen LogP) is 1.31. The molecule has 2 amide bonds. The number of carbonyl (C=O) groups is 3. The maximum Gasteiger partial charge on any atom is 0.472 e. The van der Waals surface area contributed by atoms with Gasteiger partial charge in [-0.2, -0.15) is 0 Å². The van der Waals surface area contributed by atoms with Crippen LogP contribution in [-0.4, -0.2) is 89.3 Å². The van der Waals surface area contributed by atoms with Crippen LogP contribution in [-0.2, 0) is 32.7 Å². The van der Waals surface area contributed by atoms with Crippen molar-refractivity contribution in [2.45, 2.75) is 59.3 Å². The van der Waals surface area contributed by atoms with Gasteiger partial charge in [0.1, 0.15) is 17.8 Å². The van der Waals surface area contributed by atoms with E-state index in [4.69, 9.17) is 13.8 Å². The molecule has 0 radical (unpaired) electrons. The molecule has 0 spiro atoms. The third kappa shape index (κ3) is 9.51. The van der Waals surface area contributed by atoms with Gasteiger partial charge in [0.2, 0.25) is 11.8 Å². The molecule has 0 aromatic carbocycles. The van der Waals surface area contributed by atoms with E-state index >= 15 is 0 Å². The number of thioether (sulfide) groups is 1. The summed E-state index contributed by atoms with van der Waals surface area (Å²) in [5.74, 6) is 0.401. The molecule has 1 aromatic heterocycles. The minimum absolute atomic E-state index is 0.0583. The second kappa shape index (κ2) is 14.6. The number of nitrogens with zero attached hydrogens (tertiary/aromatic N) is 3. The zero-order chi connectivity index (χ0) is 30.2. The maximum atomic E-state index is 12.6. The molecular formula is C24H40N7O8PS. The molecule has 3 rings (SSSR count). The summed E-state index contributed by atoms with van der Waals surface area (Å²) in [5, 5.41) is 8.38. The highest BCUT2D eigenvalue weighted by Gasteiger charge is 2.38. The van der Waals surface area contributed by atoms with Gasteiger partial charge >= 0.3 is 7.82 Å². The zero-order valence-electron chi connectivity index (χ0n) is 24.0. The molecule has 0 aliphatic carbocycles. The van der Waals surface area contributed by atoms with Crippen LogP contribution in [0, 0.1) is 11.3 Å². The molecule has 4 unspecified atom stereocenters. The number of nitrogens with one attached hydrogen (secondary N) is 4. The molecule has 2 aliphatic rings. The van der Waals surface area contributed by atoms with Gasteiger partial charge in [-0.1, -0.05) is 32.5 Å². The molecule has 1 fully saturated rings. The van der Waals surface area contributed by atoms with Crippen LogP contribution >= 0.6 is 19.6 Å². The lowest BCUT2D eigenvalue weighted by Gasteiger charge is -2.33. The summed E-state index contributed by atoms with van der Waals surface area (Å²) in [4.78, 5) is 59.2. The van der Waals surface area contributed by atoms with E-state index in [2.05, 4.69) is 30.9 Å². The van der Waals surface area contributed by atoms with E-state index in [1.54, 1.807) is 34.1 Å². The third-order valence-corrected chi connectivity index (χ3v) is 8.61. The lowest BCUT2D eigenvalue weighted by atomic mass is 9.80. The van der Waals surface area contributed by atoms with Gasteiger partial charge in [-0.05, 0) is 12.8 Å². The van der Waals surface area contributed by atoms with E-state index in [9.17, 15) is 23.8 Å². The van der Waals surface area contributed by atoms with Gasteiger partial charge in [0.25, 0.3) is 0 Å². The van der Waals surface area contributed by atoms with Crippen LogP contribution in [0.5, 0.6) is 0 Å². The number of anilines is 1. The molecule has 41 heavy (non-hydrogen) atoms. The van der Waals surface area contributed by atoms with E-state index < -0.39 is 25.3 Å². The summed E-state index contributed by atoms with van der Waals surface area (Å²) >= 11 is 0.986. The number of phosphoric acid groups is 1. The first kappa shape index (κ1) is 33.0. The Bertz CT molecular complexity index is 1160.